The minimum atomic E-state index is -1.09. The van der Waals surface area contributed by atoms with Gasteiger partial charge in [-0.3, -0.25) is 14.4 Å². The number of amides is 4. The minimum absolute atomic E-state index is 0.0184. The van der Waals surface area contributed by atoms with Crippen LogP contribution in [-0.4, -0.2) is 54.0 Å². The first-order valence-electron chi connectivity index (χ1n) is 12.2. The standard InChI is InChI=1S/C26H42N4O5/c1-8-9-10-13-28-23(32)22(19-15-17(2)14-18(3)16-19)30(7)24(33)20(11-12-21(27)31)29-25(34)35-26(4,5)6/h14-16,20,22H,8-13H2,1-7H3,(H2,27,31)(H,28,32)(H,29,34). The molecule has 0 fully saturated rings. The highest BCUT2D eigenvalue weighted by Crippen LogP contribution is 2.24. The van der Waals surface area contributed by atoms with Crippen LogP contribution in [0.5, 0.6) is 0 Å². The highest BCUT2D eigenvalue weighted by Gasteiger charge is 2.34. The Morgan fingerprint density at radius 1 is 1.06 bits per heavy atom. The Morgan fingerprint density at radius 3 is 2.17 bits per heavy atom. The van der Waals surface area contributed by atoms with E-state index in [1.54, 1.807) is 20.8 Å². The van der Waals surface area contributed by atoms with Gasteiger partial charge in [-0.25, -0.2) is 4.79 Å². The third-order valence-corrected chi connectivity index (χ3v) is 5.29. The van der Waals surface area contributed by atoms with Crippen molar-refractivity contribution in [3.05, 3.63) is 34.9 Å². The smallest absolute Gasteiger partial charge is 0.408 e. The molecule has 1 rings (SSSR count). The summed E-state index contributed by atoms with van der Waals surface area (Å²) in [6.45, 7) is 11.5. The number of hydrogen-bond acceptors (Lipinski definition) is 5. The number of aryl methyl sites for hydroxylation is 2. The molecule has 0 bridgehead atoms. The number of carbonyl (C=O) groups is 4. The predicted octanol–water partition coefficient (Wildman–Crippen LogP) is 3.27. The first-order chi connectivity index (χ1) is 16.2. The number of likely N-dealkylation sites (N-methyl/N-ethyl adjacent to an activating group) is 1. The second-order valence-electron chi connectivity index (χ2n) is 9.97. The zero-order valence-electron chi connectivity index (χ0n) is 22.2. The molecule has 0 aliphatic carbocycles. The molecule has 9 heteroatoms. The van der Waals surface area contributed by atoms with Crippen LogP contribution in [-0.2, 0) is 19.1 Å². The van der Waals surface area contributed by atoms with Gasteiger partial charge >= 0.3 is 6.09 Å². The lowest BCUT2D eigenvalue weighted by Crippen LogP contribution is -2.52. The zero-order valence-corrected chi connectivity index (χ0v) is 22.2. The molecule has 0 aliphatic heterocycles. The molecule has 1 aromatic rings. The molecule has 2 atom stereocenters. The number of nitrogens with one attached hydrogen (secondary N) is 2. The summed E-state index contributed by atoms with van der Waals surface area (Å²) in [4.78, 5) is 52.0. The van der Waals surface area contributed by atoms with Gasteiger partial charge in [-0.05, 0) is 53.0 Å². The first-order valence-corrected chi connectivity index (χ1v) is 12.2. The van der Waals surface area contributed by atoms with Crippen LogP contribution in [0.3, 0.4) is 0 Å². The number of primary amides is 1. The summed E-state index contributed by atoms with van der Waals surface area (Å²) in [5, 5.41) is 5.48. The minimum Gasteiger partial charge on any atom is -0.444 e. The Hall–Kier alpha value is -3.10. The number of alkyl carbamates (subject to hydrolysis) is 1. The largest absolute Gasteiger partial charge is 0.444 e. The van der Waals surface area contributed by atoms with E-state index in [0.29, 0.717) is 12.1 Å². The fourth-order valence-corrected chi connectivity index (χ4v) is 3.77. The first kappa shape index (κ1) is 29.9. The molecule has 4 N–H and O–H groups in total. The van der Waals surface area contributed by atoms with Crippen molar-refractivity contribution in [2.24, 2.45) is 5.73 Å². The van der Waals surface area contributed by atoms with Gasteiger partial charge in [-0.15, -0.1) is 0 Å². The number of benzene rings is 1. The van der Waals surface area contributed by atoms with Crippen molar-refractivity contribution in [1.29, 1.82) is 0 Å². The molecule has 0 radical (unpaired) electrons. The normalized spacial score (nSPS) is 12.9. The summed E-state index contributed by atoms with van der Waals surface area (Å²) < 4.78 is 5.29. The van der Waals surface area contributed by atoms with E-state index >= 15 is 0 Å². The number of unbranched alkanes of at least 4 members (excludes halogenated alkanes) is 2. The van der Waals surface area contributed by atoms with E-state index in [1.807, 2.05) is 32.0 Å². The average molecular weight is 491 g/mol. The third kappa shape index (κ3) is 10.8. The topological polar surface area (TPSA) is 131 Å². The summed E-state index contributed by atoms with van der Waals surface area (Å²) in [7, 11) is 1.52. The maximum absolute atomic E-state index is 13.5. The summed E-state index contributed by atoms with van der Waals surface area (Å²) in [6, 6.07) is 3.71. The fourth-order valence-electron chi connectivity index (χ4n) is 3.77. The molecule has 35 heavy (non-hydrogen) atoms. The highest BCUT2D eigenvalue weighted by atomic mass is 16.6. The number of ether oxygens (including phenoxy) is 1. The maximum atomic E-state index is 13.5. The summed E-state index contributed by atoms with van der Waals surface area (Å²) in [5.74, 6) is -1.44. The molecule has 196 valence electrons. The van der Waals surface area contributed by atoms with Gasteiger partial charge in [-0.1, -0.05) is 49.1 Å². The van der Waals surface area contributed by atoms with Crippen molar-refractivity contribution in [3.8, 4) is 0 Å². The number of nitrogens with zero attached hydrogens (tertiary/aromatic N) is 1. The van der Waals surface area contributed by atoms with Crippen LogP contribution in [0.25, 0.3) is 0 Å². The number of rotatable bonds is 12. The van der Waals surface area contributed by atoms with Crippen molar-refractivity contribution in [3.63, 3.8) is 0 Å². The molecule has 0 aliphatic rings. The lowest BCUT2D eigenvalue weighted by atomic mass is 9.98. The van der Waals surface area contributed by atoms with Crippen LogP contribution in [0.2, 0.25) is 0 Å². The third-order valence-electron chi connectivity index (χ3n) is 5.29. The quantitative estimate of drug-likeness (QED) is 0.387. The molecule has 0 heterocycles. The molecule has 4 amide bonds. The lowest BCUT2D eigenvalue weighted by Gasteiger charge is -2.32. The second kappa shape index (κ2) is 13.7. The van der Waals surface area contributed by atoms with E-state index in [1.165, 1.54) is 11.9 Å². The van der Waals surface area contributed by atoms with Crippen LogP contribution in [0.4, 0.5) is 4.79 Å². The Kier molecular flexibility index (Phi) is 11.7. The SMILES string of the molecule is CCCCCNC(=O)C(c1cc(C)cc(C)c1)N(C)C(=O)C(CCC(N)=O)NC(=O)OC(C)(C)C. The van der Waals surface area contributed by atoms with Gasteiger partial charge in [-0.2, -0.15) is 0 Å². The predicted molar refractivity (Wildman–Crippen MR) is 136 cm³/mol. The Labute approximate surface area is 209 Å². The Morgan fingerprint density at radius 2 is 1.66 bits per heavy atom. The molecule has 0 spiro atoms. The lowest BCUT2D eigenvalue weighted by molar-refractivity contribution is -0.141. The van der Waals surface area contributed by atoms with E-state index in [9.17, 15) is 19.2 Å². The molecular formula is C26H42N4O5. The van der Waals surface area contributed by atoms with E-state index in [-0.39, 0.29) is 18.7 Å². The van der Waals surface area contributed by atoms with Crippen molar-refractivity contribution in [1.82, 2.24) is 15.5 Å². The van der Waals surface area contributed by atoms with Crippen molar-refractivity contribution in [2.75, 3.05) is 13.6 Å². The highest BCUT2D eigenvalue weighted by molar-refractivity contribution is 5.92. The van der Waals surface area contributed by atoms with Crippen LogP contribution in [0.15, 0.2) is 18.2 Å². The van der Waals surface area contributed by atoms with Gasteiger partial charge < -0.3 is 26.0 Å². The molecule has 9 nitrogen and oxygen atoms in total. The van der Waals surface area contributed by atoms with Gasteiger partial charge in [0.25, 0.3) is 0 Å². The number of carbonyl (C=O) groups excluding carboxylic acids is 4. The monoisotopic (exact) mass is 490 g/mol. The Balaban J connectivity index is 3.26. The van der Waals surface area contributed by atoms with Crippen LogP contribution >= 0.6 is 0 Å². The average Bonchev–Trinajstić information content (AvgIpc) is 2.71. The van der Waals surface area contributed by atoms with Gasteiger partial charge in [0.15, 0.2) is 0 Å². The van der Waals surface area contributed by atoms with Crippen LogP contribution in [0, 0.1) is 13.8 Å². The van der Waals surface area contributed by atoms with E-state index in [2.05, 4.69) is 17.6 Å². The molecule has 2 unspecified atom stereocenters. The number of hydrogen-bond donors (Lipinski definition) is 3. The summed E-state index contributed by atoms with van der Waals surface area (Å²) >= 11 is 0. The van der Waals surface area contributed by atoms with E-state index in [4.69, 9.17) is 10.5 Å². The summed E-state index contributed by atoms with van der Waals surface area (Å²) in [6.07, 6.45) is 1.92. The molecule has 0 saturated carbocycles. The molecule has 0 aromatic heterocycles. The van der Waals surface area contributed by atoms with Crippen molar-refractivity contribution >= 4 is 23.8 Å². The maximum Gasteiger partial charge on any atom is 0.408 e. The van der Waals surface area contributed by atoms with Gasteiger partial charge in [0.2, 0.25) is 17.7 Å². The van der Waals surface area contributed by atoms with Gasteiger partial charge in [0.1, 0.15) is 17.7 Å². The van der Waals surface area contributed by atoms with E-state index in [0.717, 1.165) is 30.4 Å². The Bertz CT molecular complexity index is 874. The zero-order chi connectivity index (χ0) is 26.8. The van der Waals surface area contributed by atoms with Crippen LogP contribution < -0.4 is 16.4 Å². The molecule has 0 saturated heterocycles. The fraction of sp³-hybridized carbons (Fsp3) is 0.615. The van der Waals surface area contributed by atoms with Gasteiger partial charge in [0, 0.05) is 20.0 Å². The number of nitrogens with two attached hydrogens (primary N) is 1. The van der Waals surface area contributed by atoms with Crippen molar-refractivity contribution in [2.45, 2.75) is 91.3 Å². The molecular weight excluding hydrogens is 448 g/mol. The summed E-state index contributed by atoms with van der Waals surface area (Å²) in [5.41, 5.74) is 7.10. The second-order valence-corrected chi connectivity index (χ2v) is 9.97. The van der Waals surface area contributed by atoms with Crippen LogP contribution in [0.1, 0.15) is 82.5 Å². The van der Waals surface area contributed by atoms with Gasteiger partial charge in [0.05, 0.1) is 0 Å². The van der Waals surface area contributed by atoms with E-state index < -0.39 is 35.6 Å². The van der Waals surface area contributed by atoms with Crippen molar-refractivity contribution < 1.29 is 23.9 Å². The molecule has 1 aromatic carbocycles.